The summed E-state index contributed by atoms with van der Waals surface area (Å²) in [4.78, 5) is 10.7. The first-order valence-corrected chi connectivity index (χ1v) is 3.58. The van der Waals surface area contributed by atoms with Crippen molar-refractivity contribution >= 4 is 19.4 Å². The van der Waals surface area contributed by atoms with Crippen molar-refractivity contribution in [3.63, 3.8) is 0 Å². The summed E-state index contributed by atoms with van der Waals surface area (Å²) >= 11 is 0. The highest BCUT2D eigenvalue weighted by molar-refractivity contribution is 6.22. The van der Waals surface area contributed by atoms with Crippen LogP contribution in [0.5, 0.6) is 0 Å². The van der Waals surface area contributed by atoms with Gasteiger partial charge in [-0.3, -0.25) is 4.79 Å². The van der Waals surface area contributed by atoms with Crippen molar-refractivity contribution in [1.82, 2.24) is 0 Å². The van der Waals surface area contributed by atoms with E-state index in [0.29, 0.717) is 0 Å². The molecule has 0 spiro atoms. The summed E-state index contributed by atoms with van der Waals surface area (Å²) in [6.45, 7) is 0. The minimum atomic E-state index is -0.743. The average Bonchev–Trinajstić information content (AvgIpc) is 2.02. The lowest BCUT2D eigenvalue weighted by Gasteiger charge is -2.03. The number of halogens is 2. The molecule has 1 aromatic carbocycles. The van der Waals surface area contributed by atoms with Gasteiger partial charge in [-0.2, -0.15) is 0 Å². The molecule has 0 aliphatic carbocycles. The predicted molar refractivity (Wildman–Crippen MR) is 45.5 cm³/mol. The summed E-state index contributed by atoms with van der Waals surface area (Å²) in [6, 6.07) is 2.74. The van der Waals surface area contributed by atoms with Crippen molar-refractivity contribution < 1.29 is 13.6 Å². The Balaban J connectivity index is 2.83. The zero-order chi connectivity index (χ0) is 9.84. The quantitative estimate of drug-likeness (QED) is 0.688. The molecule has 2 radical (unpaired) electrons. The van der Waals surface area contributed by atoms with Crippen molar-refractivity contribution in [3.05, 3.63) is 29.8 Å². The van der Waals surface area contributed by atoms with Gasteiger partial charge in [0.1, 0.15) is 11.6 Å². The summed E-state index contributed by atoms with van der Waals surface area (Å²) in [7, 11) is 5.00. The van der Waals surface area contributed by atoms with E-state index in [0.717, 1.165) is 18.2 Å². The maximum absolute atomic E-state index is 12.6. The molecule has 0 heterocycles. The second-order valence-electron chi connectivity index (χ2n) is 2.41. The molecule has 0 saturated heterocycles. The fourth-order valence-electron chi connectivity index (χ4n) is 0.838. The molecule has 13 heavy (non-hydrogen) atoms. The first-order chi connectivity index (χ1) is 6.11. The predicted octanol–water partition coefficient (Wildman–Crippen LogP) is 1.49. The van der Waals surface area contributed by atoms with Crippen LogP contribution in [0, 0.1) is 11.6 Å². The number of benzene rings is 1. The molecule has 0 unspecified atom stereocenters. The number of anilines is 1. The van der Waals surface area contributed by atoms with Gasteiger partial charge in [-0.05, 0) is 18.5 Å². The third-order valence-electron chi connectivity index (χ3n) is 1.33. The summed E-state index contributed by atoms with van der Waals surface area (Å²) in [6.07, 6.45) is -0.224. The molecular formula is C8H6BF2NO. The van der Waals surface area contributed by atoms with Gasteiger partial charge in [0.2, 0.25) is 5.91 Å². The molecule has 0 saturated carbocycles. The molecule has 1 rings (SSSR count). The van der Waals surface area contributed by atoms with Gasteiger partial charge in [-0.25, -0.2) is 8.78 Å². The van der Waals surface area contributed by atoms with E-state index in [1.54, 1.807) is 0 Å². The zero-order valence-corrected chi connectivity index (χ0v) is 6.68. The molecule has 0 fully saturated rings. The first kappa shape index (κ1) is 9.70. The first-order valence-electron chi connectivity index (χ1n) is 3.58. The minimum Gasteiger partial charge on any atom is -0.327 e. The molecule has 0 aliphatic rings. The number of rotatable bonds is 2. The monoisotopic (exact) mass is 181 g/mol. The molecule has 2 nitrogen and oxygen atoms in total. The number of nitrogens with one attached hydrogen (secondary N) is 1. The fourth-order valence-corrected chi connectivity index (χ4v) is 0.838. The Kier molecular flexibility index (Phi) is 3.00. The molecule has 0 bridgehead atoms. The van der Waals surface area contributed by atoms with Crippen molar-refractivity contribution in [1.29, 1.82) is 0 Å². The largest absolute Gasteiger partial charge is 0.327 e. The minimum absolute atomic E-state index is 0.0629. The fraction of sp³-hybridized carbons (Fsp3) is 0.125. The van der Waals surface area contributed by atoms with Gasteiger partial charge in [0, 0.05) is 11.8 Å². The van der Waals surface area contributed by atoms with Crippen molar-refractivity contribution in [3.8, 4) is 0 Å². The highest BCUT2D eigenvalue weighted by atomic mass is 19.1. The van der Waals surface area contributed by atoms with Crippen LogP contribution in [-0.4, -0.2) is 13.8 Å². The zero-order valence-electron chi connectivity index (χ0n) is 6.68. The normalized spacial score (nSPS) is 9.69. The van der Waals surface area contributed by atoms with E-state index >= 15 is 0 Å². The van der Waals surface area contributed by atoms with Crippen LogP contribution in [0.15, 0.2) is 18.2 Å². The second kappa shape index (κ2) is 4.02. The van der Waals surface area contributed by atoms with E-state index in [2.05, 4.69) is 5.32 Å². The summed E-state index contributed by atoms with van der Waals surface area (Å²) in [5.74, 6) is -1.98. The van der Waals surface area contributed by atoms with Crippen LogP contribution < -0.4 is 5.32 Å². The van der Waals surface area contributed by atoms with Crippen LogP contribution in [0.2, 0.25) is 6.32 Å². The van der Waals surface area contributed by atoms with Crippen LogP contribution in [0.3, 0.4) is 0 Å². The maximum Gasteiger partial charge on any atom is 0.215 e. The van der Waals surface area contributed by atoms with Crippen molar-refractivity contribution in [2.75, 3.05) is 5.32 Å². The SMILES string of the molecule is [B]CC(=O)Nc1cc(F)cc(F)c1. The van der Waals surface area contributed by atoms with E-state index < -0.39 is 17.5 Å². The van der Waals surface area contributed by atoms with Gasteiger partial charge in [0.15, 0.2) is 0 Å². The topological polar surface area (TPSA) is 29.1 Å². The van der Waals surface area contributed by atoms with Gasteiger partial charge in [0.25, 0.3) is 0 Å². The Morgan fingerprint density at radius 1 is 1.31 bits per heavy atom. The van der Waals surface area contributed by atoms with Crippen LogP contribution >= 0.6 is 0 Å². The Bertz CT molecular complexity index is 310. The second-order valence-corrected chi connectivity index (χ2v) is 2.41. The molecule has 0 atom stereocenters. The summed E-state index contributed by atoms with van der Waals surface area (Å²) < 4.78 is 25.1. The molecule has 0 aliphatic heterocycles. The van der Waals surface area contributed by atoms with Gasteiger partial charge in [-0.1, -0.05) is 0 Å². The molecule has 1 N–H and O–H groups in total. The highest BCUT2D eigenvalue weighted by Gasteiger charge is 2.02. The van der Waals surface area contributed by atoms with E-state index in [1.165, 1.54) is 0 Å². The van der Waals surface area contributed by atoms with E-state index in [9.17, 15) is 13.6 Å². The van der Waals surface area contributed by atoms with Gasteiger partial charge >= 0.3 is 0 Å². The number of carbonyl (C=O) groups is 1. The highest BCUT2D eigenvalue weighted by Crippen LogP contribution is 2.12. The van der Waals surface area contributed by atoms with E-state index in [-0.39, 0.29) is 12.0 Å². The molecular weight excluding hydrogens is 175 g/mol. The lowest BCUT2D eigenvalue weighted by Crippen LogP contribution is -2.10. The lowest BCUT2D eigenvalue weighted by molar-refractivity contribution is -0.114. The van der Waals surface area contributed by atoms with Crippen LogP contribution in [-0.2, 0) is 4.79 Å². The number of amides is 1. The standard InChI is InChI=1S/C8H6BF2NO/c9-4-8(13)12-7-2-5(10)1-6(11)3-7/h1-3H,4H2,(H,12,13). The maximum atomic E-state index is 12.6. The molecule has 66 valence electrons. The van der Waals surface area contributed by atoms with Crippen LogP contribution in [0.4, 0.5) is 14.5 Å². The Hall–Kier alpha value is -1.39. The van der Waals surface area contributed by atoms with Crippen molar-refractivity contribution in [2.24, 2.45) is 0 Å². The van der Waals surface area contributed by atoms with Gasteiger partial charge in [0.05, 0.1) is 7.85 Å². The van der Waals surface area contributed by atoms with Gasteiger partial charge < -0.3 is 5.32 Å². The van der Waals surface area contributed by atoms with Crippen molar-refractivity contribution in [2.45, 2.75) is 6.32 Å². The third-order valence-corrected chi connectivity index (χ3v) is 1.33. The summed E-state index contributed by atoms with van der Waals surface area (Å²) in [5, 5.41) is 2.23. The molecule has 1 amide bonds. The van der Waals surface area contributed by atoms with Crippen LogP contribution in [0.1, 0.15) is 0 Å². The molecule has 5 heteroatoms. The number of carbonyl (C=O) groups excluding carboxylic acids is 1. The smallest absolute Gasteiger partial charge is 0.215 e. The van der Waals surface area contributed by atoms with Crippen LogP contribution in [0.25, 0.3) is 0 Å². The Labute approximate surface area is 75.4 Å². The Morgan fingerprint density at radius 2 is 1.85 bits per heavy atom. The lowest BCUT2D eigenvalue weighted by atomic mass is 10.1. The number of hydrogen-bond acceptors (Lipinski definition) is 1. The summed E-state index contributed by atoms with van der Waals surface area (Å²) in [5.41, 5.74) is 0.0629. The van der Waals surface area contributed by atoms with E-state index in [1.807, 2.05) is 0 Å². The van der Waals surface area contributed by atoms with E-state index in [4.69, 9.17) is 7.85 Å². The third kappa shape index (κ3) is 2.85. The molecule has 0 aromatic heterocycles. The average molecular weight is 181 g/mol. The molecule has 1 aromatic rings. The number of hydrogen-bond donors (Lipinski definition) is 1. The Morgan fingerprint density at radius 3 is 2.31 bits per heavy atom. The van der Waals surface area contributed by atoms with Gasteiger partial charge in [-0.15, -0.1) is 0 Å².